The molecule has 23 heavy (non-hydrogen) atoms. The molecule has 1 N–H and O–H groups in total. The second-order valence-corrected chi connectivity index (χ2v) is 5.70. The molecule has 0 unspecified atom stereocenters. The third kappa shape index (κ3) is 2.67. The second-order valence-electron chi connectivity index (χ2n) is 4.74. The van der Waals surface area contributed by atoms with Crippen molar-refractivity contribution >= 4 is 27.9 Å². The van der Waals surface area contributed by atoms with E-state index >= 15 is 0 Å². The molecule has 0 saturated carbocycles. The molecule has 3 aromatic heterocycles. The molecular formula is C15H10N6OS. The molecule has 0 atom stereocenters. The first-order valence-corrected chi connectivity index (χ1v) is 7.60. The molecule has 3 heterocycles. The molecule has 0 aliphatic heterocycles. The summed E-state index contributed by atoms with van der Waals surface area (Å²) < 4.78 is 1.63. The van der Waals surface area contributed by atoms with Gasteiger partial charge in [-0.05, 0) is 24.3 Å². The van der Waals surface area contributed by atoms with Crippen LogP contribution in [-0.2, 0) is 0 Å². The molecule has 4 rings (SSSR count). The number of fused-ring (bicyclic) bond motifs is 1. The number of aromatic nitrogens is 5. The number of anilines is 1. The van der Waals surface area contributed by atoms with Gasteiger partial charge in [0.15, 0.2) is 0 Å². The third-order valence-electron chi connectivity index (χ3n) is 3.18. The van der Waals surface area contributed by atoms with E-state index in [0.29, 0.717) is 11.3 Å². The first-order chi connectivity index (χ1) is 11.3. The normalized spacial score (nSPS) is 10.8. The lowest BCUT2D eigenvalue weighted by atomic mass is 10.2. The van der Waals surface area contributed by atoms with Crippen molar-refractivity contribution in [1.82, 2.24) is 24.8 Å². The van der Waals surface area contributed by atoms with Crippen LogP contribution in [0, 0.1) is 0 Å². The summed E-state index contributed by atoms with van der Waals surface area (Å²) in [5, 5.41) is 15.8. The van der Waals surface area contributed by atoms with Gasteiger partial charge in [0.05, 0.1) is 5.56 Å². The van der Waals surface area contributed by atoms with E-state index in [1.807, 2.05) is 24.3 Å². The number of nitrogens with one attached hydrogen (secondary N) is 1. The summed E-state index contributed by atoms with van der Waals surface area (Å²) in [4.78, 5) is 16.8. The van der Waals surface area contributed by atoms with Crippen LogP contribution in [0.3, 0.4) is 0 Å². The molecule has 0 radical (unpaired) electrons. The van der Waals surface area contributed by atoms with E-state index in [2.05, 4.69) is 25.6 Å². The van der Waals surface area contributed by atoms with E-state index in [1.165, 1.54) is 17.5 Å². The van der Waals surface area contributed by atoms with Crippen LogP contribution in [0.1, 0.15) is 10.4 Å². The number of carbonyl (C=O) groups excluding carboxylic acids is 1. The van der Waals surface area contributed by atoms with E-state index in [0.717, 1.165) is 15.5 Å². The predicted molar refractivity (Wildman–Crippen MR) is 86.3 cm³/mol. The number of hydrogen-bond acceptors (Lipinski definition) is 6. The lowest BCUT2D eigenvalue weighted by Crippen LogP contribution is -2.11. The molecule has 0 spiro atoms. The topological polar surface area (TPSA) is 85.1 Å². The first-order valence-electron chi connectivity index (χ1n) is 6.78. The van der Waals surface area contributed by atoms with Crippen LogP contribution >= 0.6 is 11.3 Å². The van der Waals surface area contributed by atoms with Crippen LogP contribution < -0.4 is 5.32 Å². The highest BCUT2D eigenvalue weighted by molar-refractivity contribution is 7.19. The molecule has 1 amide bonds. The van der Waals surface area contributed by atoms with Gasteiger partial charge in [-0.15, -0.1) is 10.2 Å². The smallest absolute Gasteiger partial charge is 0.257 e. The molecular weight excluding hydrogens is 312 g/mol. The maximum atomic E-state index is 12.2. The Morgan fingerprint density at radius 1 is 1.22 bits per heavy atom. The Bertz CT molecular complexity index is 949. The summed E-state index contributed by atoms with van der Waals surface area (Å²) in [5.41, 5.74) is 2.11. The quantitative estimate of drug-likeness (QED) is 0.626. The minimum absolute atomic E-state index is 0.201. The SMILES string of the molecule is O=C(Nc1cccc(-c2nn3cnnc3s2)c1)c1cccnc1. The van der Waals surface area contributed by atoms with Crippen molar-refractivity contribution in [3.8, 4) is 10.6 Å². The van der Waals surface area contributed by atoms with Gasteiger partial charge in [-0.1, -0.05) is 23.5 Å². The van der Waals surface area contributed by atoms with E-state index in [-0.39, 0.29) is 5.91 Å². The molecule has 4 aromatic rings. The number of nitrogens with zero attached hydrogens (tertiary/aromatic N) is 5. The summed E-state index contributed by atoms with van der Waals surface area (Å²) in [6.07, 6.45) is 4.72. The molecule has 8 heteroatoms. The maximum absolute atomic E-state index is 12.2. The van der Waals surface area contributed by atoms with Gasteiger partial charge in [-0.3, -0.25) is 9.78 Å². The molecule has 112 valence electrons. The first kappa shape index (κ1) is 13.5. The van der Waals surface area contributed by atoms with Gasteiger partial charge in [-0.2, -0.15) is 9.61 Å². The highest BCUT2D eigenvalue weighted by Gasteiger charge is 2.10. The van der Waals surface area contributed by atoms with Crippen LogP contribution in [0.25, 0.3) is 15.5 Å². The zero-order chi connectivity index (χ0) is 15.6. The molecule has 0 aliphatic rings. The summed E-state index contributed by atoms with van der Waals surface area (Å²) in [5.74, 6) is -0.201. The van der Waals surface area contributed by atoms with Crippen LogP contribution in [-0.4, -0.2) is 30.7 Å². The average Bonchev–Trinajstić information content (AvgIpc) is 3.17. The van der Waals surface area contributed by atoms with Gasteiger partial charge in [0, 0.05) is 23.6 Å². The third-order valence-corrected chi connectivity index (χ3v) is 4.14. The van der Waals surface area contributed by atoms with E-state index in [4.69, 9.17) is 0 Å². The van der Waals surface area contributed by atoms with Crippen LogP contribution in [0.2, 0.25) is 0 Å². The Hall–Kier alpha value is -3.13. The fourth-order valence-electron chi connectivity index (χ4n) is 2.11. The van der Waals surface area contributed by atoms with Crippen molar-refractivity contribution in [3.05, 3.63) is 60.7 Å². The fraction of sp³-hybridized carbons (Fsp3) is 0. The molecule has 0 bridgehead atoms. The van der Waals surface area contributed by atoms with Crippen molar-refractivity contribution in [3.63, 3.8) is 0 Å². The number of hydrogen-bond donors (Lipinski definition) is 1. The van der Waals surface area contributed by atoms with Crippen LogP contribution in [0.4, 0.5) is 5.69 Å². The van der Waals surface area contributed by atoms with Gasteiger partial charge in [0.1, 0.15) is 11.3 Å². The number of amides is 1. The average molecular weight is 322 g/mol. The summed E-state index contributed by atoms with van der Waals surface area (Å²) in [6, 6.07) is 11.0. The lowest BCUT2D eigenvalue weighted by Gasteiger charge is -2.06. The standard InChI is InChI=1S/C15H10N6OS/c22-13(11-4-2-6-16-8-11)18-12-5-1-3-10(7-12)14-20-21-9-17-19-15(21)23-14/h1-9H,(H,18,22). The van der Waals surface area contributed by atoms with Gasteiger partial charge >= 0.3 is 0 Å². The Kier molecular flexibility index (Phi) is 3.28. The largest absolute Gasteiger partial charge is 0.322 e. The van der Waals surface area contributed by atoms with Crippen molar-refractivity contribution < 1.29 is 4.79 Å². The van der Waals surface area contributed by atoms with E-state index < -0.39 is 0 Å². The van der Waals surface area contributed by atoms with Crippen LogP contribution in [0.5, 0.6) is 0 Å². The molecule has 7 nitrogen and oxygen atoms in total. The van der Waals surface area contributed by atoms with Gasteiger partial charge in [0.25, 0.3) is 5.91 Å². The zero-order valence-corrected chi connectivity index (χ0v) is 12.6. The lowest BCUT2D eigenvalue weighted by molar-refractivity contribution is 0.102. The monoisotopic (exact) mass is 322 g/mol. The van der Waals surface area contributed by atoms with Crippen molar-refractivity contribution in [2.45, 2.75) is 0 Å². The van der Waals surface area contributed by atoms with Gasteiger partial charge < -0.3 is 5.32 Å². The highest BCUT2D eigenvalue weighted by Crippen LogP contribution is 2.26. The number of rotatable bonds is 3. The minimum Gasteiger partial charge on any atom is -0.322 e. The zero-order valence-electron chi connectivity index (χ0n) is 11.7. The molecule has 0 aliphatic carbocycles. The number of pyridine rings is 1. The van der Waals surface area contributed by atoms with Gasteiger partial charge in [-0.25, -0.2) is 0 Å². The summed E-state index contributed by atoms with van der Waals surface area (Å²) in [7, 11) is 0. The molecule has 0 saturated heterocycles. The Labute approximate surface area is 134 Å². The van der Waals surface area contributed by atoms with Crippen molar-refractivity contribution in [2.75, 3.05) is 5.32 Å². The maximum Gasteiger partial charge on any atom is 0.257 e. The minimum atomic E-state index is -0.201. The number of benzene rings is 1. The fourth-order valence-corrected chi connectivity index (χ4v) is 2.92. The van der Waals surface area contributed by atoms with Crippen LogP contribution in [0.15, 0.2) is 55.1 Å². The van der Waals surface area contributed by atoms with E-state index in [9.17, 15) is 4.79 Å². The Balaban J connectivity index is 1.61. The Morgan fingerprint density at radius 3 is 3.00 bits per heavy atom. The van der Waals surface area contributed by atoms with E-state index in [1.54, 1.807) is 29.2 Å². The summed E-state index contributed by atoms with van der Waals surface area (Å²) in [6.45, 7) is 0. The number of carbonyl (C=O) groups is 1. The van der Waals surface area contributed by atoms with Crippen molar-refractivity contribution in [2.24, 2.45) is 0 Å². The second kappa shape index (κ2) is 5.58. The van der Waals surface area contributed by atoms with Crippen molar-refractivity contribution in [1.29, 1.82) is 0 Å². The Morgan fingerprint density at radius 2 is 2.17 bits per heavy atom. The predicted octanol–water partition coefficient (Wildman–Crippen LogP) is 2.50. The summed E-state index contributed by atoms with van der Waals surface area (Å²) >= 11 is 1.44. The molecule has 1 aromatic carbocycles. The van der Waals surface area contributed by atoms with Gasteiger partial charge in [0.2, 0.25) is 4.96 Å². The molecule has 0 fully saturated rings. The highest BCUT2D eigenvalue weighted by atomic mass is 32.1.